The molecule has 0 heterocycles. The highest BCUT2D eigenvalue weighted by molar-refractivity contribution is 5.67. The number of aliphatic hydroxyl groups is 1. The summed E-state index contributed by atoms with van der Waals surface area (Å²) < 4.78 is 15.7. The van der Waals surface area contributed by atoms with Gasteiger partial charge in [0.2, 0.25) is 0 Å². The summed E-state index contributed by atoms with van der Waals surface area (Å²) in [5, 5.41) is 12.2. The van der Waals surface area contributed by atoms with Crippen LogP contribution < -0.4 is 5.32 Å². The van der Waals surface area contributed by atoms with Crippen LogP contribution in [-0.2, 0) is 14.2 Å². The lowest BCUT2D eigenvalue weighted by Crippen LogP contribution is -2.60. The minimum absolute atomic E-state index is 0.0305. The fourth-order valence-corrected chi connectivity index (χ4v) is 2.33. The Morgan fingerprint density at radius 1 is 1.26 bits per heavy atom. The van der Waals surface area contributed by atoms with Gasteiger partial charge in [0.05, 0.1) is 6.61 Å². The molecule has 1 amide bonds. The molecule has 0 saturated heterocycles. The summed E-state index contributed by atoms with van der Waals surface area (Å²) in [6, 6.07) is 0. The maximum atomic E-state index is 11.6. The molecule has 0 bridgehead atoms. The molecule has 1 rings (SSSR count). The Hall–Kier alpha value is -0.850. The zero-order chi connectivity index (χ0) is 14.7. The summed E-state index contributed by atoms with van der Waals surface area (Å²) in [6.45, 7) is 5.72. The fourth-order valence-electron chi connectivity index (χ4n) is 2.33. The van der Waals surface area contributed by atoms with E-state index in [9.17, 15) is 9.90 Å². The van der Waals surface area contributed by atoms with E-state index >= 15 is 0 Å². The van der Waals surface area contributed by atoms with Gasteiger partial charge < -0.3 is 24.6 Å². The third-order valence-electron chi connectivity index (χ3n) is 3.37. The van der Waals surface area contributed by atoms with Crippen LogP contribution in [0.25, 0.3) is 0 Å². The lowest BCUT2D eigenvalue weighted by Gasteiger charge is -2.53. The number of rotatable bonds is 5. The third kappa shape index (κ3) is 4.06. The predicted molar refractivity (Wildman–Crippen MR) is 69.7 cm³/mol. The van der Waals surface area contributed by atoms with Crippen molar-refractivity contribution in [2.45, 2.75) is 45.0 Å². The first-order valence-corrected chi connectivity index (χ1v) is 6.38. The van der Waals surface area contributed by atoms with E-state index in [-0.39, 0.29) is 6.61 Å². The first-order chi connectivity index (χ1) is 8.70. The standard InChI is InChI=1S/C13H25NO5/c1-11(2,3)19-10(16)14-8-12(9-15)6-13(7-12,17-4)18-5/h15H,6-9H2,1-5H3,(H,14,16). The number of amides is 1. The van der Waals surface area contributed by atoms with Gasteiger partial charge in [0.1, 0.15) is 5.60 Å². The monoisotopic (exact) mass is 275 g/mol. The Bertz CT molecular complexity index is 311. The van der Waals surface area contributed by atoms with Crippen LogP contribution in [0, 0.1) is 5.41 Å². The SMILES string of the molecule is COC1(OC)CC(CO)(CNC(=O)OC(C)(C)C)C1. The van der Waals surface area contributed by atoms with Crippen molar-refractivity contribution in [2.75, 3.05) is 27.4 Å². The molecule has 1 fully saturated rings. The second kappa shape index (κ2) is 5.64. The van der Waals surface area contributed by atoms with Crippen LogP contribution in [-0.4, -0.2) is 50.0 Å². The molecule has 2 N–H and O–H groups in total. The van der Waals surface area contributed by atoms with Crippen LogP contribution in [0.15, 0.2) is 0 Å². The van der Waals surface area contributed by atoms with E-state index in [4.69, 9.17) is 14.2 Å². The van der Waals surface area contributed by atoms with Crippen LogP contribution in [0.4, 0.5) is 4.79 Å². The Balaban J connectivity index is 2.46. The lowest BCUT2D eigenvalue weighted by atomic mass is 9.64. The molecule has 0 atom stereocenters. The van der Waals surface area contributed by atoms with Crippen LogP contribution in [0.5, 0.6) is 0 Å². The Morgan fingerprint density at radius 2 is 1.79 bits per heavy atom. The second-order valence-electron chi connectivity index (χ2n) is 6.19. The molecule has 1 aliphatic carbocycles. The van der Waals surface area contributed by atoms with Gasteiger partial charge in [-0.3, -0.25) is 0 Å². The zero-order valence-electron chi connectivity index (χ0n) is 12.4. The van der Waals surface area contributed by atoms with Crippen molar-refractivity contribution in [1.29, 1.82) is 0 Å². The number of nitrogens with one attached hydrogen (secondary N) is 1. The lowest BCUT2D eigenvalue weighted by molar-refractivity contribution is -0.301. The molecule has 0 unspecified atom stereocenters. The first kappa shape index (κ1) is 16.2. The summed E-state index contributed by atoms with van der Waals surface area (Å²) in [4.78, 5) is 11.6. The Morgan fingerprint density at radius 3 is 2.16 bits per heavy atom. The average Bonchev–Trinajstić information content (AvgIpc) is 2.27. The number of hydrogen-bond donors (Lipinski definition) is 2. The normalized spacial score (nSPS) is 20.5. The smallest absolute Gasteiger partial charge is 0.407 e. The van der Waals surface area contributed by atoms with Gasteiger partial charge >= 0.3 is 6.09 Å². The number of methoxy groups -OCH3 is 2. The van der Waals surface area contributed by atoms with E-state index in [1.807, 2.05) is 0 Å². The summed E-state index contributed by atoms with van der Waals surface area (Å²) in [7, 11) is 3.15. The number of carbonyl (C=O) groups excluding carboxylic acids is 1. The molecule has 0 aromatic carbocycles. The first-order valence-electron chi connectivity index (χ1n) is 6.38. The minimum atomic E-state index is -0.641. The van der Waals surface area contributed by atoms with Crippen molar-refractivity contribution in [3.8, 4) is 0 Å². The molecular formula is C13H25NO5. The molecule has 0 radical (unpaired) electrons. The van der Waals surface area contributed by atoms with Gasteiger partial charge in [-0.1, -0.05) is 0 Å². The number of carbonyl (C=O) groups is 1. The van der Waals surface area contributed by atoms with Crippen molar-refractivity contribution in [1.82, 2.24) is 5.32 Å². The fraction of sp³-hybridized carbons (Fsp3) is 0.923. The molecule has 6 heteroatoms. The quantitative estimate of drug-likeness (QED) is 0.739. The van der Waals surface area contributed by atoms with Gasteiger partial charge in [-0.15, -0.1) is 0 Å². The summed E-state index contributed by atoms with van der Waals surface area (Å²) in [6.07, 6.45) is 0.603. The molecule has 6 nitrogen and oxygen atoms in total. The van der Waals surface area contributed by atoms with Crippen LogP contribution >= 0.6 is 0 Å². The highest BCUT2D eigenvalue weighted by atomic mass is 16.7. The van der Waals surface area contributed by atoms with Gasteiger partial charge in [0.25, 0.3) is 0 Å². The molecule has 0 aliphatic heterocycles. The topological polar surface area (TPSA) is 77.0 Å². The number of aliphatic hydroxyl groups excluding tert-OH is 1. The maximum absolute atomic E-state index is 11.6. The van der Waals surface area contributed by atoms with E-state index in [1.54, 1.807) is 35.0 Å². The summed E-state index contributed by atoms with van der Waals surface area (Å²) in [5.74, 6) is -0.641. The van der Waals surface area contributed by atoms with Gasteiger partial charge in [-0.05, 0) is 20.8 Å². The highest BCUT2D eigenvalue weighted by Gasteiger charge is 2.55. The van der Waals surface area contributed by atoms with Crippen molar-refractivity contribution in [3.05, 3.63) is 0 Å². The molecule has 112 valence electrons. The van der Waals surface area contributed by atoms with Crippen molar-refractivity contribution in [3.63, 3.8) is 0 Å². The van der Waals surface area contributed by atoms with Crippen molar-refractivity contribution in [2.24, 2.45) is 5.41 Å². The molecule has 0 spiro atoms. The molecule has 19 heavy (non-hydrogen) atoms. The molecule has 0 aromatic heterocycles. The van der Waals surface area contributed by atoms with Crippen molar-refractivity contribution >= 4 is 6.09 Å². The maximum Gasteiger partial charge on any atom is 0.407 e. The summed E-state index contributed by atoms with van der Waals surface area (Å²) >= 11 is 0. The van der Waals surface area contributed by atoms with E-state index in [1.165, 1.54) is 0 Å². The summed E-state index contributed by atoms with van der Waals surface area (Å²) in [5.41, 5.74) is -0.929. The Kier molecular flexibility index (Phi) is 4.81. The minimum Gasteiger partial charge on any atom is -0.444 e. The van der Waals surface area contributed by atoms with Crippen LogP contribution in [0.2, 0.25) is 0 Å². The zero-order valence-corrected chi connectivity index (χ0v) is 12.4. The van der Waals surface area contributed by atoms with E-state index in [2.05, 4.69) is 5.32 Å². The van der Waals surface area contributed by atoms with Gasteiger partial charge in [0.15, 0.2) is 5.79 Å². The van der Waals surface area contributed by atoms with Gasteiger partial charge in [0, 0.05) is 39.0 Å². The van der Waals surface area contributed by atoms with E-state index in [0.29, 0.717) is 19.4 Å². The number of alkyl carbamates (subject to hydrolysis) is 1. The van der Waals surface area contributed by atoms with Gasteiger partial charge in [-0.25, -0.2) is 4.79 Å². The van der Waals surface area contributed by atoms with Crippen LogP contribution in [0.1, 0.15) is 33.6 Å². The average molecular weight is 275 g/mol. The Labute approximate surface area is 114 Å². The number of hydrogen-bond acceptors (Lipinski definition) is 5. The molecule has 1 aliphatic rings. The second-order valence-corrected chi connectivity index (χ2v) is 6.19. The van der Waals surface area contributed by atoms with Crippen molar-refractivity contribution < 1.29 is 24.1 Å². The van der Waals surface area contributed by atoms with E-state index in [0.717, 1.165) is 0 Å². The highest BCUT2D eigenvalue weighted by Crippen LogP contribution is 2.50. The predicted octanol–water partition coefficient (Wildman–Crippen LogP) is 1.27. The van der Waals surface area contributed by atoms with Gasteiger partial charge in [-0.2, -0.15) is 0 Å². The third-order valence-corrected chi connectivity index (χ3v) is 3.37. The molecule has 1 saturated carbocycles. The van der Waals surface area contributed by atoms with E-state index < -0.39 is 22.9 Å². The number of ether oxygens (including phenoxy) is 3. The molecular weight excluding hydrogens is 250 g/mol. The molecule has 0 aromatic rings. The van der Waals surface area contributed by atoms with Crippen LogP contribution in [0.3, 0.4) is 0 Å². The largest absolute Gasteiger partial charge is 0.444 e.